The summed E-state index contributed by atoms with van der Waals surface area (Å²) in [6.07, 6.45) is 1.56. The molecule has 1 unspecified atom stereocenters. The summed E-state index contributed by atoms with van der Waals surface area (Å²) in [5.41, 5.74) is 0.565. The molecule has 1 aliphatic heterocycles. The summed E-state index contributed by atoms with van der Waals surface area (Å²) >= 11 is 17.3. The van der Waals surface area contributed by atoms with Gasteiger partial charge in [0.05, 0.1) is 10.7 Å². The van der Waals surface area contributed by atoms with Crippen molar-refractivity contribution < 1.29 is 4.79 Å². The normalized spacial score (nSPS) is 21.1. The Morgan fingerprint density at radius 3 is 2.62 bits per heavy atom. The Hall–Kier alpha value is -0.900. The third kappa shape index (κ3) is 1.98. The number of allylic oxidation sites excluding steroid dienone is 1. The summed E-state index contributed by atoms with van der Waals surface area (Å²) in [5.74, 6) is -0.394. The molecule has 82 valence electrons. The standard InChI is InChI=1S/C10H5Cl3N2O/c11-6-7(12)10(13)15-8(9(6)16)5-3-1-2-4-14-5/h1-4,6H. The highest BCUT2D eigenvalue weighted by molar-refractivity contribution is 6.61. The second kappa shape index (κ2) is 4.53. The number of pyridine rings is 1. The maximum atomic E-state index is 11.8. The molecule has 0 aliphatic carbocycles. The minimum Gasteiger partial charge on any atom is -0.290 e. The number of alkyl halides is 1. The van der Waals surface area contributed by atoms with E-state index in [4.69, 9.17) is 34.8 Å². The number of carbonyl (C=O) groups is 1. The van der Waals surface area contributed by atoms with E-state index in [1.165, 1.54) is 0 Å². The van der Waals surface area contributed by atoms with Gasteiger partial charge in [-0.1, -0.05) is 29.3 Å². The van der Waals surface area contributed by atoms with Gasteiger partial charge in [-0.05, 0) is 12.1 Å². The van der Waals surface area contributed by atoms with E-state index < -0.39 is 11.2 Å². The van der Waals surface area contributed by atoms with Crippen molar-refractivity contribution in [1.82, 2.24) is 4.98 Å². The third-order valence-corrected chi connectivity index (χ3v) is 3.31. The highest BCUT2D eigenvalue weighted by atomic mass is 35.5. The number of carbonyl (C=O) groups excluding carboxylic acids is 1. The van der Waals surface area contributed by atoms with Crippen LogP contribution in [0.5, 0.6) is 0 Å². The lowest BCUT2D eigenvalue weighted by Gasteiger charge is -2.15. The summed E-state index contributed by atoms with van der Waals surface area (Å²) in [5, 5.41) is -0.904. The average molecular weight is 276 g/mol. The van der Waals surface area contributed by atoms with E-state index in [1.54, 1.807) is 24.4 Å². The van der Waals surface area contributed by atoms with E-state index in [-0.39, 0.29) is 15.9 Å². The van der Waals surface area contributed by atoms with Gasteiger partial charge in [0.2, 0.25) is 5.78 Å². The van der Waals surface area contributed by atoms with Gasteiger partial charge < -0.3 is 0 Å². The largest absolute Gasteiger partial charge is 0.290 e. The lowest BCUT2D eigenvalue weighted by atomic mass is 10.1. The van der Waals surface area contributed by atoms with Crippen molar-refractivity contribution in [3.05, 3.63) is 40.3 Å². The molecule has 6 heteroatoms. The van der Waals surface area contributed by atoms with Crippen LogP contribution in [0.4, 0.5) is 0 Å². The van der Waals surface area contributed by atoms with Crippen LogP contribution in [0.3, 0.4) is 0 Å². The molecule has 1 aromatic rings. The number of Topliss-reactive ketones (excluding diaryl/α,β-unsaturated/α-hetero) is 1. The first-order valence-corrected chi connectivity index (χ1v) is 5.54. The third-order valence-electron chi connectivity index (χ3n) is 2.00. The Bertz CT molecular complexity index is 496. The molecule has 0 amide bonds. The maximum Gasteiger partial charge on any atom is 0.206 e. The van der Waals surface area contributed by atoms with Crippen molar-refractivity contribution in [2.24, 2.45) is 4.99 Å². The summed E-state index contributed by atoms with van der Waals surface area (Å²) < 4.78 is 0. The Balaban J connectivity index is 2.51. The molecule has 2 heterocycles. The fourth-order valence-electron chi connectivity index (χ4n) is 1.23. The van der Waals surface area contributed by atoms with Crippen molar-refractivity contribution in [2.45, 2.75) is 5.38 Å². The molecule has 3 nitrogen and oxygen atoms in total. The predicted molar refractivity (Wildman–Crippen MR) is 64.2 cm³/mol. The molecule has 1 aliphatic rings. The zero-order valence-electron chi connectivity index (χ0n) is 7.82. The second-order valence-corrected chi connectivity index (χ2v) is 4.24. The fourth-order valence-corrected chi connectivity index (χ4v) is 1.83. The summed E-state index contributed by atoms with van der Waals surface area (Å²) in [6.45, 7) is 0. The zero-order valence-corrected chi connectivity index (χ0v) is 10.1. The van der Waals surface area contributed by atoms with Crippen LogP contribution in [0, 0.1) is 0 Å². The number of aromatic nitrogens is 1. The molecule has 0 spiro atoms. The summed E-state index contributed by atoms with van der Waals surface area (Å²) in [6, 6.07) is 5.14. The van der Waals surface area contributed by atoms with Crippen LogP contribution in [0.25, 0.3) is 0 Å². The first-order valence-electron chi connectivity index (χ1n) is 4.35. The first-order chi connectivity index (χ1) is 7.61. The van der Waals surface area contributed by atoms with Crippen molar-refractivity contribution in [1.29, 1.82) is 0 Å². The van der Waals surface area contributed by atoms with Crippen LogP contribution in [0.15, 0.2) is 39.6 Å². The molecule has 0 radical (unpaired) electrons. The highest BCUT2D eigenvalue weighted by Crippen LogP contribution is 2.29. The van der Waals surface area contributed by atoms with Gasteiger partial charge in [0, 0.05) is 6.20 Å². The van der Waals surface area contributed by atoms with Gasteiger partial charge in [-0.3, -0.25) is 9.78 Å². The Kier molecular flexibility index (Phi) is 3.28. The van der Waals surface area contributed by atoms with E-state index in [9.17, 15) is 4.79 Å². The van der Waals surface area contributed by atoms with E-state index in [0.717, 1.165) is 0 Å². The smallest absolute Gasteiger partial charge is 0.206 e. The van der Waals surface area contributed by atoms with Gasteiger partial charge in [-0.15, -0.1) is 11.6 Å². The minimum atomic E-state index is -0.983. The minimum absolute atomic E-state index is 0.0296. The SMILES string of the molecule is O=C1C(c2ccccn2)=NC(Cl)=C(Cl)C1Cl. The zero-order chi connectivity index (χ0) is 11.7. The Morgan fingerprint density at radius 2 is 2.00 bits per heavy atom. The van der Waals surface area contributed by atoms with Gasteiger partial charge >= 0.3 is 0 Å². The van der Waals surface area contributed by atoms with Crippen LogP contribution < -0.4 is 0 Å². The summed E-state index contributed by atoms with van der Waals surface area (Å²) in [4.78, 5) is 19.7. The molecule has 0 saturated heterocycles. The number of aliphatic imine (C=N–C) groups is 1. The molecule has 0 N–H and O–H groups in total. The number of nitrogens with zero attached hydrogens (tertiary/aromatic N) is 2. The monoisotopic (exact) mass is 274 g/mol. The number of hydrogen-bond acceptors (Lipinski definition) is 3. The average Bonchev–Trinajstić information content (AvgIpc) is 2.32. The molecule has 0 aromatic carbocycles. The van der Waals surface area contributed by atoms with Gasteiger partial charge in [-0.2, -0.15) is 0 Å². The van der Waals surface area contributed by atoms with Gasteiger partial charge in [0.15, 0.2) is 0 Å². The van der Waals surface area contributed by atoms with E-state index in [1.807, 2.05) is 0 Å². The topological polar surface area (TPSA) is 42.3 Å². The Labute approximate surface area is 107 Å². The van der Waals surface area contributed by atoms with Gasteiger partial charge in [-0.25, -0.2) is 4.99 Å². The highest BCUT2D eigenvalue weighted by Gasteiger charge is 2.31. The number of ketones is 1. The van der Waals surface area contributed by atoms with Crippen LogP contribution in [-0.2, 0) is 4.79 Å². The molecule has 0 fully saturated rings. The molecule has 2 rings (SSSR count). The van der Waals surface area contributed by atoms with Gasteiger partial charge in [0.1, 0.15) is 16.2 Å². The van der Waals surface area contributed by atoms with E-state index in [2.05, 4.69) is 9.98 Å². The molecular formula is C10H5Cl3N2O. The molecule has 1 aromatic heterocycles. The maximum absolute atomic E-state index is 11.8. The van der Waals surface area contributed by atoms with Crippen LogP contribution in [0.1, 0.15) is 5.69 Å². The van der Waals surface area contributed by atoms with Crippen molar-refractivity contribution in [3.8, 4) is 0 Å². The quantitative estimate of drug-likeness (QED) is 0.584. The second-order valence-electron chi connectivity index (χ2n) is 3.04. The Morgan fingerprint density at radius 1 is 1.25 bits per heavy atom. The van der Waals surface area contributed by atoms with E-state index >= 15 is 0 Å². The summed E-state index contributed by atoms with van der Waals surface area (Å²) in [7, 11) is 0. The molecule has 0 saturated carbocycles. The number of halogens is 3. The fraction of sp³-hybridized carbons (Fsp3) is 0.100. The van der Waals surface area contributed by atoms with E-state index in [0.29, 0.717) is 5.69 Å². The van der Waals surface area contributed by atoms with Crippen LogP contribution in [0.2, 0.25) is 0 Å². The van der Waals surface area contributed by atoms with Crippen LogP contribution >= 0.6 is 34.8 Å². The first kappa shape index (κ1) is 11.6. The molecular weight excluding hydrogens is 270 g/mol. The number of hydrogen-bond donors (Lipinski definition) is 0. The van der Waals surface area contributed by atoms with Gasteiger partial charge in [0.25, 0.3) is 0 Å². The lowest BCUT2D eigenvalue weighted by molar-refractivity contribution is -0.112. The predicted octanol–water partition coefficient (Wildman–Crippen LogP) is 2.71. The molecule has 0 bridgehead atoms. The van der Waals surface area contributed by atoms with Crippen molar-refractivity contribution in [3.63, 3.8) is 0 Å². The number of rotatable bonds is 1. The van der Waals surface area contributed by atoms with Crippen molar-refractivity contribution >= 4 is 46.3 Å². The van der Waals surface area contributed by atoms with Crippen molar-refractivity contribution in [2.75, 3.05) is 0 Å². The molecule has 1 atom stereocenters. The van der Waals surface area contributed by atoms with Crippen LogP contribution in [-0.4, -0.2) is 21.9 Å². The lowest BCUT2D eigenvalue weighted by Crippen LogP contribution is -2.29. The molecule has 16 heavy (non-hydrogen) atoms.